The highest BCUT2D eigenvalue weighted by Gasteiger charge is 2.46. The van der Waals surface area contributed by atoms with Crippen molar-refractivity contribution in [3.63, 3.8) is 0 Å². The minimum absolute atomic E-state index is 0.00770. The number of aliphatic hydroxyl groups is 1. The molecule has 1 aromatic rings. The number of hydrogen-bond donors (Lipinski definition) is 3. The number of amides is 2. The zero-order valence-corrected chi connectivity index (χ0v) is 19.7. The van der Waals surface area contributed by atoms with Crippen LogP contribution < -0.4 is 15.4 Å². The Hall–Kier alpha value is -2.16. The Kier molecular flexibility index (Phi) is 7.37. The summed E-state index contributed by atoms with van der Waals surface area (Å²) in [5.74, 6) is 0.779. The van der Waals surface area contributed by atoms with E-state index in [-0.39, 0.29) is 54.9 Å². The van der Waals surface area contributed by atoms with Crippen molar-refractivity contribution >= 4 is 17.5 Å². The van der Waals surface area contributed by atoms with E-state index < -0.39 is 6.10 Å². The van der Waals surface area contributed by atoms with Crippen LogP contribution in [0.5, 0.6) is 5.75 Å². The molecule has 2 amide bonds. The molecule has 186 valence electrons. The molecule has 0 radical (unpaired) electrons. The number of aliphatic hydroxyl groups excluding tert-OH is 1. The molecule has 3 fully saturated rings. The molecule has 5 rings (SSSR count). The molecule has 0 unspecified atom stereocenters. The minimum atomic E-state index is -0.487. The normalized spacial score (nSPS) is 29.6. The van der Waals surface area contributed by atoms with Gasteiger partial charge in [-0.15, -0.1) is 0 Å². The fourth-order valence-electron chi connectivity index (χ4n) is 5.91. The van der Waals surface area contributed by atoms with Gasteiger partial charge < -0.3 is 30.0 Å². The van der Waals surface area contributed by atoms with Gasteiger partial charge in [0, 0.05) is 42.3 Å². The summed E-state index contributed by atoms with van der Waals surface area (Å²) in [6, 6.07) is 5.99. The van der Waals surface area contributed by atoms with Crippen LogP contribution >= 0.6 is 0 Å². The van der Waals surface area contributed by atoms with Gasteiger partial charge in [0.1, 0.15) is 18.0 Å². The van der Waals surface area contributed by atoms with Crippen LogP contribution in [0, 0.1) is 5.92 Å². The van der Waals surface area contributed by atoms with Crippen LogP contribution in [0.15, 0.2) is 18.2 Å². The molecule has 1 saturated carbocycles. The Balaban J connectivity index is 1.25. The number of carbonyl (C=O) groups excluding carboxylic acids is 2. The van der Waals surface area contributed by atoms with Crippen molar-refractivity contribution in [3.8, 4) is 5.75 Å². The number of fused-ring (bicyclic) bond motifs is 3. The quantitative estimate of drug-likeness (QED) is 0.588. The van der Waals surface area contributed by atoms with E-state index in [2.05, 4.69) is 10.6 Å². The summed E-state index contributed by atoms with van der Waals surface area (Å²) in [4.78, 5) is 25.4. The van der Waals surface area contributed by atoms with Gasteiger partial charge in [-0.3, -0.25) is 9.59 Å². The highest BCUT2D eigenvalue weighted by atomic mass is 16.6. The molecule has 3 heterocycles. The second-order valence-corrected chi connectivity index (χ2v) is 10.1. The minimum Gasteiger partial charge on any atom is -0.487 e. The second kappa shape index (κ2) is 10.6. The predicted molar refractivity (Wildman–Crippen MR) is 126 cm³/mol. The van der Waals surface area contributed by atoms with Gasteiger partial charge in [0.15, 0.2) is 0 Å². The smallest absolute Gasteiger partial charge is 0.227 e. The van der Waals surface area contributed by atoms with Crippen LogP contribution in [0.3, 0.4) is 0 Å². The fraction of sp³-hybridized carbons (Fsp3) is 0.692. The average Bonchev–Trinajstić information content (AvgIpc) is 3.22. The van der Waals surface area contributed by atoms with E-state index in [1.807, 2.05) is 18.2 Å². The van der Waals surface area contributed by atoms with E-state index >= 15 is 0 Å². The molecule has 0 bridgehead atoms. The molecule has 8 nitrogen and oxygen atoms in total. The zero-order valence-electron chi connectivity index (χ0n) is 19.7. The third kappa shape index (κ3) is 5.24. The van der Waals surface area contributed by atoms with Gasteiger partial charge in [-0.2, -0.15) is 0 Å². The molecule has 3 aliphatic heterocycles. The summed E-state index contributed by atoms with van der Waals surface area (Å²) < 4.78 is 17.6. The van der Waals surface area contributed by atoms with Gasteiger partial charge in [-0.25, -0.2) is 0 Å². The standard InChI is InChI=1S/C26H36N2O6/c29-15-23-25-21(13-19(33-23)14-24(30)27-17-4-2-1-3-5-17)20-12-18(6-7-22(20)34-25)28-26(31)16-8-10-32-11-9-16/h6-7,12,16-17,19,21,23,25,29H,1-5,8-11,13-15H2,(H,27,30)(H,28,31)/t19-,21-,23-,25+/m0/s1. The Bertz CT molecular complexity index is 880. The third-order valence-corrected chi connectivity index (χ3v) is 7.74. The first-order valence-corrected chi connectivity index (χ1v) is 12.9. The molecular weight excluding hydrogens is 436 g/mol. The first-order valence-electron chi connectivity index (χ1n) is 12.9. The SMILES string of the molecule is O=C(C[C@@H]1C[C@H]2c3cc(NC(=O)C4CCOCC4)ccc3O[C@H]2[C@H](CO)O1)NC1CCCCC1. The van der Waals surface area contributed by atoms with E-state index in [1.165, 1.54) is 19.3 Å². The van der Waals surface area contributed by atoms with Crippen LogP contribution in [0.4, 0.5) is 5.69 Å². The van der Waals surface area contributed by atoms with Gasteiger partial charge in [-0.05, 0) is 50.3 Å². The molecule has 8 heteroatoms. The molecule has 2 saturated heterocycles. The lowest BCUT2D eigenvalue weighted by atomic mass is 9.84. The lowest BCUT2D eigenvalue weighted by molar-refractivity contribution is -0.142. The Morgan fingerprint density at radius 2 is 1.85 bits per heavy atom. The molecule has 3 N–H and O–H groups in total. The summed E-state index contributed by atoms with van der Waals surface area (Å²) in [6.45, 7) is 1.08. The van der Waals surface area contributed by atoms with Crippen LogP contribution in [0.1, 0.15) is 69.3 Å². The summed E-state index contributed by atoms with van der Waals surface area (Å²) in [6.07, 6.45) is 7.03. The maximum atomic E-state index is 12.7. The molecule has 34 heavy (non-hydrogen) atoms. The van der Waals surface area contributed by atoms with Crippen molar-refractivity contribution in [2.45, 2.75) is 88.1 Å². The molecular formula is C26H36N2O6. The van der Waals surface area contributed by atoms with Crippen LogP contribution in [0.25, 0.3) is 0 Å². The van der Waals surface area contributed by atoms with Crippen molar-refractivity contribution in [3.05, 3.63) is 23.8 Å². The van der Waals surface area contributed by atoms with Gasteiger partial charge in [0.2, 0.25) is 11.8 Å². The molecule has 0 aromatic heterocycles. The average molecular weight is 473 g/mol. The van der Waals surface area contributed by atoms with Gasteiger partial charge in [-0.1, -0.05) is 19.3 Å². The number of nitrogens with one attached hydrogen (secondary N) is 2. The summed E-state index contributed by atoms with van der Waals surface area (Å²) in [5, 5.41) is 16.2. The first kappa shape index (κ1) is 23.6. The molecule has 4 aliphatic rings. The Labute approximate surface area is 200 Å². The van der Waals surface area contributed by atoms with E-state index in [0.29, 0.717) is 19.6 Å². The molecule has 0 spiro atoms. The van der Waals surface area contributed by atoms with Gasteiger partial charge in [0.05, 0.1) is 19.1 Å². The van der Waals surface area contributed by atoms with Crippen LogP contribution in [-0.4, -0.2) is 61.1 Å². The third-order valence-electron chi connectivity index (χ3n) is 7.74. The Morgan fingerprint density at radius 1 is 1.06 bits per heavy atom. The van der Waals surface area contributed by atoms with Crippen LogP contribution in [-0.2, 0) is 19.1 Å². The van der Waals surface area contributed by atoms with E-state index in [4.69, 9.17) is 14.2 Å². The van der Waals surface area contributed by atoms with E-state index in [1.54, 1.807) is 0 Å². The number of hydrogen-bond acceptors (Lipinski definition) is 6. The summed E-state index contributed by atoms with van der Waals surface area (Å²) in [7, 11) is 0. The van der Waals surface area contributed by atoms with Crippen molar-refractivity contribution < 1.29 is 28.9 Å². The lowest BCUT2D eigenvalue weighted by Crippen LogP contribution is -2.48. The zero-order chi connectivity index (χ0) is 23.5. The maximum Gasteiger partial charge on any atom is 0.227 e. The number of carbonyl (C=O) groups is 2. The number of rotatable bonds is 6. The molecule has 1 aromatic carbocycles. The number of anilines is 1. The number of ether oxygens (including phenoxy) is 3. The summed E-state index contributed by atoms with van der Waals surface area (Å²) in [5.41, 5.74) is 1.76. The molecule has 1 aliphatic carbocycles. The second-order valence-electron chi connectivity index (χ2n) is 10.1. The van der Waals surface area contributed by atoms with E-state index in [9.17, 15) is 14.7 Å². The molecule has 4 atom stereocenters. The summed E-state index contributed by atoms with van der Waals surface area (Å²) >= 11 is 0. The monoisotopic (exact) mass is 472 g/mol. The van der Waals surface area contributed by atoms with Gasteiger partial charge in [0.25, 0.3) is 0 Å². The van der Waals surface area contributed by atoms with Crippen molar-refractivity contribution in [2.75, 3.05) is 25.1 Å². The fourth-order valence-corrected chi connectivity index (χ4v) is 5.91. The first-order chi connectivity index (χ1) is 16.6. The Morgan fingerprint density at radius 3 is 2.62 bits per heavy atom. The largest absolute Gasteiger partial charge is 0.487 e. The number of benzene rings is 1. The van der Waals surface area contributed by atoms with Gasteiger partial charge >= 0.3 is 0 Å². The lowest BCUT2D eigenvalue weighted by Gasteiger charge is -2.37. The highest BCUT2D eigenvalue weighted by Crippen LogP contribution is 2.47. The van der Waals surface area contributed by atoms with Crippen molar-refractivity contribution in [1.82, 2.24) is 5.32 Å². The van der Waals surface area contributed by atoms with E-state index in [0.717, 1.165) is 42.7 Å². The van der Waals surface area contributed by atoms with Crippen molar-refractivity contribution in [1.29, 1.82) is 0 Å². The predicted octanol–water partition coefficient (Wildman–Crippen LogP) is 2.89. The topological polar surface area (TPSA) is 106 Å². The maximum absolute atomic E-state index is 12.7. The highest BCUT2D eigenvalue weighted by molar-refractivity contribution is 5.92. The van der Waals surface area contributed by atoms with Crippen LogP contribution in [0.2, 0.25) is 0 Å². The van der Waals surface area contributed by atoms with Crippen molar-refractivity contribution in [2.24, 2.45) is 5.92 Å².